The van der Waals surface area contributed by atoms with Gasteiger partial charge in [0.25, 0.3) is 0 Å². The minimum Gasteiger partial charge on any atom is -0.339 e. The predicted octanol–water partition coefficient (Wildman–Crippen LogP) is 3.25. The van der Waals surface area contributed by atoms with Gasteiger partial charge in [-0.1, -0.05) is 37.0 Å². The first kappa shape index (κ1) is 10.0. The van der Waals surface area contributed by atoms with Crippen molar-refractivity contribution in [2.75, 3.05) is 6.66 Å². The molecule has 1 rings (SSSR count). The van der Waals surface area contributed by atoms with E-state index >= 15 is 0 Å². The monoisotopic (exact) mass is 210 g/mol. The molecule has 0 aromatic carbocycles. The van der Waals surface area contributed by atoms with Crippen LogP contribution in [-0.2, 0) is 16.3 Å². The number of hydrogen-bond acceptors (Lipinski definition) is 3. The summed E-state index contributed by atoms with van der Waals surface area (Å²) in [5.74, 6) is 0. The summed E-state index contributed by atoms with van der Waals surface area (Å²) in [5.41, 5.74) is -1.51. The van der Waals surface area contributed by atoms with Gasteiger partial charge in [-0.05, 0) is 20.0 Å². The van der Waals surface area contributed by atoms with Gasteiger partial charge in [0, 0.05) is 4.75 Å². The van der Waals surface area contributed by atoms with Crippen molar-refractivity contribution in [1.29, 1.82) is 0 Å². The average Bonchev–Trinajstić information content (AvgIpc) is 1.49. The lowest BCUT2D eigenvalue weighted by Gasteiger charge is -2.38. The molecular formula is C7H15OPS2. The zero-order chi connectivity index (χ0) is 8.70. The van der Waals surface area contributed by atoms with E-state index in [0.29, 0.717) is 10.9 Å². The topological polar surface area (TPSA) is 9.23 Å². The molecule has 0 saturated carbocycles. The lowest BCUT2D eigenvalue weighted by Crippen LogP contribution is -2.27. The Labute approximate surface area is 78.1 Å². The van der Waals surface area contributed by atoms with Crippen molar-refractivity contribution in [3.63, 3.8) is 0 Å². The molecule has 0 bridgehead atoms. The summed E-state index contributed by atoms with van der Waals surface area (Å²) >= 11 is 7.23. The van der Waals surface area contributed by atoms with Crippen LogP contribution in [0.3, 0.4) is 0 Å². The fourth-order valence-corrected chi connectivity index (χ4v) is 9.29. The van der Waals surface area contributed by atoms with E-state index in [0.717, 1.165) is 6.42 Å². The molecule has 1 saturated heterocycles. The maximum atomic E-state index is 5.70. The van der Waals surface area contributed by atoms with Gasteiger partial charge in [0.15, 0.2) is 0 Å². The smallest absolute Gasteiger partial charge is 0.117 e. The van der Waals surface area contributed by atoms with Crippen LogP contribution in [-0.4, -0.2) is 17.5 Å². The van der Waals surface area contributed by atoms with Gasteiger partial charge in [0.1, 0.15) is 5.47 Å². The number of rotatable bonds is 0. The third-order valence-electron chi connectivity index (χ3n) is 1.56. The quantitative estimate of drug-likeness (QED) is 0.568. The second-order valence-corrected chi connectivity index (χ2v) is 12.2. The summed E-state index contributed by atoms with van der Waals surface area (Å²) in [6, 6.07) is 0. The minimum absolute atomic E-state index is 0.321. The third-order valence-corrected chi connectivity index (χ3v) is 6.96. The summed E-state index contributed by atoms with van der Waals surface area (Å²) in [6.45, 7) is 8.69. The highest BCUT2D eigenvalue weighted by atomic mass is 32.9. The molecule has 1 fully saturated rings. The molecule has 0 aromatic rings. The van der Waals surface area contributed by atoms with Crippen molar-refractivity contribution in [3.05, 3.63) is 0 Å². The van der Waals surface area contributed by atoms with Crippen molar-refractivity contribution >= 4 is 28.7 Å². The van der Waals surface area contributed by atoms with Gasteiger partial charge >= 0.3 is 0 Å². The molecule has 1 aliphatic rings. The van der Waals surface area contributed by atoms with E-state index in [9.17, 15) is 0 Å². The second-order valence-electron chi connectivity index (χ2n) is 3.74. The Morgan fingerprint density at radius 3 is 2.55 bits per heavy atom. The summed E-state index contributed by atoms with van der Waals surface area (Å²) in [6.07, 6.45) is 1.46. The first-order valence-electron chi connectivity index (χ1n) is 3.77. The van der Waals surface area contributed by atoms with Crippen molar-refractivity contribution in [2.45, 2.75) is 38.0 Å². The van der Waals surface area contributed by atoms with Gasteiger partial charge in [0.05, 0.1) is 6.10 Å². The van der Waals surface area contributed by atoms with Crippen molar-refractivity contribution in [3.8, 4) is 0 Å². The zero-order valence-corrected chi connectivity index (χ0v) is 9.98. The van der Waals surface area contributed by atoms with Crippen molar-refractivity contribution in [1.82, 2.24) is 0 Å². The normalized spacial score (nSPS) is 43.8. The van der Waals surface area contributed by atoms with Crippen molar-refractivity contribution in [2.24, 2.45) is 0 Å². The van der Waals surface area contributed by atoms with Crippen LogP contribution in [0.5, 0.6) is 0 Å². The molecule has 0 aliphatic carbocycles. The van der Waals surface area contributed by atoms with E-state index in [1.807, 2.05) is 11.4 Å². The van der Waals surface area contributed by atoms with Crippen LogP contribution in [0.15, 0.2) is 0 Å². The fourth-order valence-electron chi connectivity index (χ4n) is 1.56. The summed E-state index contributed by atoms with van der Waals surface area (Å²) in [5, 5.41) is 0. The lowest BCUT2D eigenvalue weighted by molar-refractivity contribution is 0.221. The van der Waals surface area contributed by atoms with Crippen LogP contribution in [0.4, 0.5) is 0 Å². The summed E-state index contributed by atoms with van der Waals surface area (Å²) in [4.78, 5) is 0. The van der Waals surface area contributed by atoms with Crippen LogP contribution in [0.25, 0.3) is 0 Å². The fraction of sp³-hybridized carbons (Fsp3) is 1.00. The Hall–Kier alpha value is 0.960. The van der Waals surface area contributed by atoms with Crippen LogP contribution in [0, 0.1) is 0 Å². The number of hydrogen-bond donors (Lipinski definition) is 0. The van der Waals surface area contributed by atoms with Crippen LogP contribution in [0.2, 0.25) is 0 Å². The molecule has 1 aliphatic heterocycles. The Morgan fingerprint density at radius 1 is 1.64 bits per heavy atom. The van der Waals surface area contributed by atoms with Crippen LogP contribution < -0.4 is 0 Å². The maximum Gasteiger partial charge on any atom is 0.117 e. The molecule has 11 heavy (non-hydrogen) atoms. The molecule has 0 N–H and O–H groups in total. The van der Waals surface area contributed by atoms with Crippen molar-refractivity contribution < 1.29 is 4.52 Å². The molecule has 2 atom stereocenters. The first-order chi connectivity index (χ1) is 4.81. The molecule has 4 heteroatoms. The molecule has 2 unspecified atom stereocenters. The Balaban J connectivity index is 2.74. The summed E-state index contributed by atoms with van der Waals surface area (Å²) < 4.78 is 6.02. The third kappa shape index (κ3) is 3.06. The molecule has 0 aromatic heterocycles. The van der Waals surface area contributed by atoms with Crippen LogP contribution >= 0.6 is 16.8 Å². The first-order valence-corrected chi connectivity index (χ1v) is 8.36. The molecule has 66 valence electrons. The van der Waals surface area contributed by atoms with Gasteiger partial charge in [-0.2, -0.15) is 0 Å². The highest BCUT2D eigenvalue weighted by molar-refractivity contribution is 8.69. The predicted molar refractivity (Wildman–Crippen MR) is 57.0 cm³/mol. The van der Waals surface area contributed by atoms with Gasteiger partial charge in [-0.25, -0.2) is 0 Å². The molecular weight excluding hydrogens is 195 g/mol. The van der Waals surface area contributed by atoms with E-state index in [4.69, 9.17) is 16.3 Å². The SMILES string of the molecule is CC1CC(C)(C)SP(C)(=S)O1. The largest absolute Gasteiger partial charge is 0.339 e. The van der Waals surface area contributed by atoms with Gasteiger partial charge in [0.2, 0.25) is 0 Å². The van der Waals surface area contributed by atoms with E-state index in [1.54, 1.807) is 0 Å². The van der Waals surface area contributed by atoms with Gasteiger partial charge < -0.3 is 4.52 Å². The maximum absolute atomic E-state index is 5.70. The average molecular weight is 210 g/mol. The standard InChI is InChI=1S/C7H15OPS2/c1-6-5-7(2,3)11-9(4,10)8-6/h6H,5H2,1-4H3. The van der Waals surface area contributed by atoms with E-state index in [2.05, 4.69) is 27.4 Å². The van der Waals surface area contributed by atoms with Gasteiger partial charge in [-0.15, -0.1) is 0 Å². The Kier molecular flexibility index (Phi) is 2.76. The molecule has 0 radical (unpaired) electrons. The minimum atomic E-state index is -1.51. The van der Waals surface area contributed by atoms with E-state index in [-0.39, 0.29) is 0 Å². The zero-order valence-electron chi connectivity index (χ0n) is 7.46. The Bertz CT molecular complexity index is 203. The molecule has 0 amide bonds. The highest BCUT2D eigenvalue weighted by Gasteiger charge is 2.34. The molecule has 0 spiro atoms. The van der Waals surface area contributed by atoms with E-state index < -0.39 is 5.47 Å². The van der Waals surface area contributed by atoms with Gasteiger partial charge in [-0.3, -0.25) is 0 Å². The second kappa shape index (κ2) is 3.02. The van der Waals surface area contributed by atoms with Crippen LogP contribution in [0.1, 0.15) is 27.2 Å². The highest BCUT2D eigenvalue weighted by Crippen LogP contribution is 2.66. The molecule has 1 nitrogen and oxygen atoms in total. The van der Waals surface area contributed by atoms with E-state index in [1.165, 1.54) is 0 Å². The molecule has 1 heterocycles. The lowest BCUT2D eigenvalue weighted by atomic mass is 10.1. The Morgan fingerprint density at radius 2 is 2.18 bits per heavy atom. The summed E-state index contributed by atoms with van der Waals surface area (Å²) in [7, 11) is 0.